The molecule has 2 fully saturated rings. The number of benzene rings is 1. The molecular formula is C27H38N6O2. The molecule has 5 rings (SSSR count). The lowest BCUT2D eigenvalue weighted by Gasteiger charge is -2.37. The van der Waals surface area contributed by atoms with Crippen molar-refractivity contribution in [2.75, 3.05) is 31.6 Å². The Morgan fingerprint density at radius 1 is 1.20 bits per heavy atom. The van der Waals surface area contributed by atoms with Crippen molar-refractivity contribution in [1.29, 1.82) is 0 Å². The third kappa shape index (κ3) is 5.43. The highest BCUT2D eigenvalue weighted by molar-refractivity contribution is 5.76. The van der Waals surface area contributed by atoms with Crippen molar-refractivity contribution in [2.24, 2.45) is 0 Å². The molecule has 35 heavy (non-hydrogen) atoms. The van der Waals surface area contributed by atoms with Gasteiger partial charge in [-0.1, -0.05) is 29.8 Å². The highest BCUT2D eigenvalue weighted by Gasteiger charge is 2.42. The summed E-state index contributed by atoms with van der Waals surface area (Å²) in [6.45, 7) is 11.2. The van der Waals surface area contributed by atoms with Crippen LogP contribution in [0.3, 0.4) is 0 Å². The summed E-state index contributed by atoms with van der Waals surface area (Å²) < 4.78 is 5.45. The smallest absolute Gasteiger partial charge is 0.318 e. The molecule has 2 N–H and O–H groups in total. The third-order valence-electron chi connectivity index (χ3n) is 7.63. The van der Waals surface area contributed by atoms with Crippen LogP contribution in [0.1, 0.15) is 61.9 Å². The van der Waals surface area contributed by atoms with E-state index in [4.69, 9.17) is 9.72 Å². The average molecular weight is 479 g/mol. The molecule has 0 saturated carbocycles. The summed E-state index contributed by atoms with van der Waals surface area (Å²) in [4.78, 5) is 27.2. The highest BCUT2D eigenvalue weighted by Crippen LogP contribution is 2.38. The van der Waals surface area contributed by atoms with Crippen LogP contribution in [0, 0.1) is 6.92 Å². The number of aryl methyl sites for hydroxylation is 1. The van der Waals surface area contributed by atoms with Gasteiger partial charge in [0.2, 0.25) is 5.95 Å². The second kappa shape index (κ2) is 10.1. The molecule has 0 radical (unpaired) electrons. The van der Waals surface area contributed by atoms with Gasteiger partial charge in [-0.15, -0.1) is 0 Å². The second-order valence-electron chi connectivity index (χ2n) is 10.7. The Kier molecular flexibility index (Phi) is 6.93. The van der Waals surface area contributed by atoms with Gasteiger partial charge in [-0.2, -0.15) is 0 Å². The number of aromatic nitrogens is 2. The van der Waals surface area contributed by atoms with Gasteiger partial charge in [-0.05, 0) is 58.6 Å². The maximum atomic E-state index is 13.4. The quantitative estimate of drug-likeness (QED) is 0.680. The summed E-state index contributed by atoms with van der Waals surface area (Å²) in [5.41, 5.74) is 4.12. The summed E-state index contributed by atoms with van der Waals surface area (Å²) in [5, 5.41) is 6.78. The molecule has 0 spiro atoms. The van der Waals surface area contributed by atoms with Gasteiger partial charge in [0.25, 0.3) is 0 Å². The molecule has 2 saturated heterocycles. The van der Waals surface area contributed by atoms with Crippen LogP contribution in [0.2, 0.25) is 0 Å². The first-order valence-electron chi connectivity index (χ1n) is 13.0. The fourth-order valence-electron chi connectivity index (χ4n) is 5.60. The average Bonchev–Trinajstić information content (AvgIpc) is 3.10. The van der Waals surface area contributed by atoms with Crippen LogP contribution in [0.5, 0.6) is 0 Å². The molecule has 8 heteroatoms. The van der Waals surface area contributed by atoms with Crippen LogP contribution in [-0.2, 0) is 23.4 Å². The van der Waals surface area contributed by atoms with Gasteiger partial charge in [0.05, 0.1) is 17.8 Å². The number of anilines is 1. The highest BCUT2D eigenvalue weighted by atomic mass is 16.5. The Bertz CT molecular complexity index is 1050. The Morgan fingerprint density at radius 2 is 2.03 bits per heavy atom. The SMILES string of the molecule is Cc1cccc(CN2CCC[C@@H](NC(=O)N3Cc4nc(NC5CCOCC5)ncc4C3(C)C)C2)c1. The van der Waals surface area contributed by atoms with Crippen LogP contribution in [0.4, 0.5) is 10.7 Å². The predicted molar refractivity (Wildman–Crippen MR) is 136 cm³/mol. The van der Waals surface area contributed by atoms with Gasteiger partial charge in [-0.3, -0.25) is 4.90 Å². The molecule has 2 aromatic rings. The zero-order valence-electron chi connectivity index (χ0n) is 21.2. The summed E-state index contributed by atoms with van der Waals surface area (Å²) >= 11 is 0. The fourth-order valence-corrected chi connectivity index (χ4v) is 5.60. The van der Waals surface area contributed by atoms with Crippen LogP contribution in [-0.4, -0.2) is 64.2 Å². The van der Waals surface area contributed by atoms with Crippen molar-refractivity contribution in [3.63, 3.8) is 0 Å². The van der Waals surface area contributed by atoms with E-state index < -0.39 is 5.54 Å². The maximum Gasteiger partial charge on any atom is 0.318 e. The van der Waals surface area contributed by atoms with E-state index >= 15 is 0 Å². The zero-order chi connectivity index (χ0) is 24.4. The standard InChI is InChI=1S/C27H38N6O2/c1-19-6-4-7-20(14-19)16-32-11-5-8-22(17-32)30-26(34)33-18-24-23(27(33,2)3)15-28-25(31-24)29-21-9-12-35-13-10-21/h4,6-7,14-15,21-22H,5,8-13,16-18H2,1-3H3,(H,30,34)(H,28,29,31)/t22-/m1/s1. The second-order valence-corrected chi connectivity index (χ2v) is 10.7. The monoisotopic (exact) mass is 478 g/mol. The zero-order valence-corrected chi connectivity index (χ0v) is 21.2. The molecule has 188 valence electrons. The van der Waals surface area contributed by atoms with E-state index in [1.54, 1.807) is 0 Å². The number of rotatable bonds is 5. The Balaban J connectivity index is 1.20. The van der Waals surface area contributed by atoms with Crippen molar-refractivity contribution >= 4 is 12.0 Å². The Labute approximate surface area is 208 Å². The molecule has 1 aromatic heterocycles. The molecule has 3 aliphatic rings. The van der Waals surface area contributed by atoms with E-state index in [1.807, 2.05) is 11.1 Å². The van der Waals surface area contributed by atoms with Gasteiger partial charge in [0.1, 0.15) is 0 Å². The number of nitrogens with zero attached hydrogens (tertiary/aromatic N) is 4. The van der Waals surface area contributed by atoms with Gasteiger partial charge in [0, 0.05) is 50.1 Å². The number of hydrogen-bond acceptors (Lipinski definition) is 6. The first kappa shape index (κ1) is 24.0. The first-order chi connectivity index (χ1) is 16.9. The minimum atomic E-state index is -0.452. The summed E-state index contributed by atoms with van der Waals surface area (Å²) in [7, 11) is 0. The number of urea groups is 1. The number of piperidine rings is 1. The largest absolute Gasteiger partial charge is 0.381 e. The third-order valence-corrected chi connectivity index (χ3v) is 7.63. The summed E-state index contributed by atoms with van der Waals surface area (Å²) in [6, 6.07) is 9.15. The lowest BCUT2D eigenvalue weighted by Crippen LogP contribution is -2.53. The van der Waals surface area contributed by atoms with Crippen LogP contribution < -0.4 is 10.6 Å². The van der Waals surface area contributed by atoms with Crippen molar-refractivity contribution in [3.05, 3.63) is 52.8 Å². The topological polar surface area (TPSA) is 82.6 Å². The molecular weight excluding hydrogens is 440 g/mol. The molecule has 4 heterocycles. The van der Waals surface area contributed by atoms with Gasteiger partial charge in [-0.25, -0.2) is 14.8 Å². The number of fused-ring (bicyclic) bond motifs is 1. The maximum absolute atomic E-state index is 13.4. The normalized spacial score (nSPS) is 22.6. The van der Waals surface area contributed by atoms with Gasteiger partial charge in [0.15, 0.2) is 0 Å². The molecule has 8 nitrogen and oxygen atoms in total. The van der Waals surface area contributed by atoms with E-state index in [-0.39, 0.29) is 12.1 Å². The number of hydrogen-bond donors (Lipinski definition) is 2. The molecule has 1 aromatic carbocycles. The summed E-state index contributed by atoms with van der Waals surface area (Å²) in [5.74, 6) is 0.646. The first-order valence-corrected chi connectivity index (χ1v) is 13.0. The van der Waals surface area contributed by atoms with Crippen molar-refractivity contribution in [1.82, 2.24) is 25.1 Å². The van der Waals surface area contributed by atoms with Gasteiger partial charge >= 0.3 is 6.03 Å². The van der Waals surface area contributed by atoms with E-state index in [0.29, 0.717) is 18.5 Å². The molecule has 0 bridgehead atoms. The molecule has 3 aliphatic heterocycles. The van der Waals surface area contributed by atoms with E-state index in [2.05, 4.69) is 65.6 Å². The molecule has 0 aliphatic carbocycles. The van der Waals surface area contributed by atoms with E-state index in [1.165, 1.54) is 11.1 Å². The Morgan fingerprint density at radius 3 is 2.83 bits per heavy atom. The minimum absolute atomic E-state index is 0.0191. The number of ether oxygens (including phenoxy) is 1. The van der Waals surface area contributed by atoms with Crippen LogP contribution >= 0.6 is 0 Å². The number of likely N-dealkylation sites (tertiary alicyclic amines) is 1. The number of amides is 2. The molecule has 1 atom stereocenters. The number of nitrogens with one attached hydrogen (secondary N) is 2. The number of carbonyl (C=O) groups excluding carboxylic acids is 1. The van der Waals surface area contributed by atoms with Crippen molar-refractivity contribution in [3.8, 4) is 0 Å². The molecule has 0 unspecified atom stereocenters. The summed E-state index contributed by atoms with van der Waals surface area (Å²) in [6.07, 6.45) is 5.91. The fraction of sp³-hybridized carbons (Fsp3) is 0.593. The lowest BCUT2D eigenvalue weighted by molar-refractivity contribution is 0.0903. The van der Waals surface area contributed by atoms with E-state index in [0.717, 1.165) is 69.8 Å². The van der Waals surface area contributed by atoms with Crippen LogP contribution in [0.15, 0.2) is 30.5 Å². The van der Waals surface area contributed by atoms with E-state index in [9.17, 15) is 4.79 Å². The Hall–Kier alpha value is -2.71. The molecule has 2 amide bonds. The van der Waals surface area contributed by atoms with Crippen molar-refractivity contribution < 1.29 is 9.53 Å². The predicted octanol–water partition coefficient (Wildman–Crippen LogP) is 3.80. The van der Waals surface area contributed by atoms with Crippen molar-refractivity contribution in [2.45, 2.75) is 77.2 Å². The number of carbonyl (C=O) groups is 1. The lowest BCUT2D eigenvalue weighted by atomic mass is 9.97. The van der Waals surface area contributed by atoms with Crippen LogP contribution in [0.25, 0.3) is 0 Å². The van der Waals surface area contributed by atoms with Gasteiger partial charge < -0.3 is 20.3 Å². The minimum Gasteiger partial charge on any atom is -0.381 e.